The van der Waals surface area contributed by atoms with Crippen LogP contribution in [0.25, 0.3) is 16.8 Å². The number of pyridine rings is 1. The highest BCUT2D eigenvalue weighted by atomic mass is 16.7. The Balaban J connectivity index is 1.93. The number of benzene rings is 1. The number of nitrogens with zero attached hydrogens (tertiary/aromatic N) is 3. The highest BCUT2D eigenvalue weighted by Crippen LogP contribution is 2.37. The molecule has 0 atom stereocenters. The number of aryl methyl sites for hydroxylation is 2. The van der Waals surface area contributed by atoms with Crippen LogP contribution in [0.5, 0.6) is 11.5 Å². The largest absolute Gasteiger partial charge is 0.454 e. The Morgan fingerprint density at radius 2 is 2.09 bits per heavy atom. The lowest BCUT2D eigenvalue weighted by atomic mass is 10.1. The molecular weight excluding hydrogens is 294 g/mol. The van der Waals surface area contributed by atoms with Crippen LogP contribution in [0.2, 0.25) is 0 Å². The second-order valence-electron chi connectivity index (χ2n) is 5.49. The molecule has 0 spiro atoms. The quantitative estimate of drug-likeness (QED) is 0.728. The van der Waals surface area contributed by atoms with Crippen LogP contribution in [-0.4, -0.2) is 21.1 Å². The summed E-state index contributed by atoms with van der Waals surface area (Å²) in [6.45, 7) is 2.09. The zero-order valence-corrected chi connectivity index (χ0v) is 12.8. The standard InChI is InChI=1S/C17H15N3O3/c1-11-6-16(21)20(9-13(11)12-7-18-19(2)8-12)14-4-3-5-15-17(14)23-10-22-15/h3-9H,10H2,1-2H3. The normalized spacial score (nSPS) is 12.6. The number of fused-ring (bicyclic) bond motifs is 1. The van der Waals surface area contributed by atoms with Crippen LogP contribution < -0.4 is 15.0 Å². The van der Waals surface area contributed by atoms with E-state index in [1.54, 1.807) is 21.5 Å². The first kappa shape index (κ1) is 13.6. The van der Waals surface area contributed by atoms with Crippen molar-refractivity contribution in [2.24, 2.45) is 7.05 Å². The van der Waals surface area contributed by atoms with Crippen LogP contribution >= 0.6 is 0 Å². The van der Waals surface area contributed by atoms with Gasteiger partial charge in [-0.1, -0.05) is 6.07 Å². The van der Waals surface area contributed by atoms with Gasteiger partial charge in [-0.25, -0.2) is 0 Å². The minimum atomic E-state index is -0.112. The Hall–Kier alpha value is -3.02. The molecule has 0 bridgehead atoms. The maximum atomic E-state index is 12.5. The molecule has 0 aliphatic carbocycles. The molecule has 4 rings (SSSR count). The van der Waals surface area contributed by atoms with E-state index in [1.807, 2.05) is 44.6 Å². The number of aromatic nitrogens is 3. The minimum absolute atomic E-state index is 0.112. The van der Waals surface area contributed by atoms with Crippen molar-refractivity contribution >= 4 is 0 Å². The van der Waals surface area contributed by atoms with Gasteiger partial charge in [-0.3, -0.25) is 14.0 Å². The highest BCUT2D eigenvalue weighted by Gasteiger charge is 2.20. The van der Waals surface area contributed by atoms with E-state index in [0.29, 0.717) is 17.2 Å². The van der Waals surface area contributed by atoms with Gasteiger partial charge < -0.3 is 9.47 Å². The van der Waals surface area contributed by atoms with Crippen LogP contribution in [0.4, 0.5) is 0 Å². The van der Waals surface area contributed by atoms with Crippen molar-refractivity contribution in [1.29, 1.82) is 0 Å². The molecule has 0 radical (unpaired) electrons. The zero-order valence-electron chi connectivity index (χ0n) is 12.8. The summed E-state index contributed by atoms with van der Waals surface area (Å²) in [5, 5.41) is 4.20. The van der Waals surface area contributed by atoms with Gasteiger partial charge in [-0.2, -0.15) is 5.10 Å². The molecule has 0 fully saturated rings. The van der Waals surface area contributed by atoms with Crippen molar-refractivity contribution in [3.05, 3.63) is 58.8 Å². The van der Waals surface area contributed by atoms with Crippen molar-refractivity contribution in [2.45, 2.75) is 6.92 Å². The van der Waals surface area contributed by atoms with Crippen LogP contribution in [0.3, 0.4) is 0 Å². The van der Waals surface area contributed by atoms with E-state index in [-0.39, 0.29) is 12.4 Å². The molecule has 6 heteroatoms. The lowest BCUT2D eigenvalue weighted by Crippen LogP contribution is -2.18. The summed E-state index contributed by atoms with van der Waals surface area (Å²) in [6, 6.07) is 7.14. The SMILES string of the molecule is Cc1cc(=O)n(-c2cccc3c2OCO3)cc1-c1cnn(C)c1. The van der Waals surface area contributed by atoms with Crippen LogP contribution in [0.1, 0.15) is 5.56 Å². The Morgan fingerprint density at radius 3 is 2.87 bits per heavy atom. The van der Waals surface area contributed by atoms with Crippen LogP contribution in [0, 0.1) is 6.92 Å². The number of para-hydroxylation sites is 1. The molecule has 23 heavy (non-hydrogen) atoms. The summed E-state index contributed by atoms with van der Waals surface area (Å²) in [5.41, 5.74) is 3.39. The summed E-state index contributed by atoms with van der Waals surface area (Å²) in [5.74, 6) is 1.24. The number of rotatable bonds is 2. The first-order chi connectivity index (χ1) is 11.1. The van der Waals surface area contributed by atoms with Gasteiger partial charge in [0.1, 0.15) is 0 Å². The molecule has 0 unspecified atom stereocenters. The first-order valence-corrected chi connectivity index (χ1v) is 7.25. The second-order valence-corrected chi connectivity index (χ2v) is 5.49. The van der Waals surface area contributed by atoms with Gasteiger partial charge in [0, 0.05) is 36.6 Å². The van der Waals surface area contributed by atoms with E-state index < -0.39 is 0 Å². The molecule has 0 saturated heterocycles. The fourth-order valence-electron chi connectivity index (χ4n) is 2.78. The Morgan fingerprint density at radius 1 is 1.22 bits per heavy atom. The fourth-order valence-corrected chi connectivity index (χ4v) is 2.78. The van der Waals surface area contributed by atoms with E-state index in [9.17, 15) is 4.79 Å². The van der Waals surface area contributed by atoms with Crippen molar-refractivity contribution in [2.75, 3.05) is 6.79 Å². The number of hydrogen-bond acceptors (Lipinski definition) is 4. The molecule has 1 aliphatic heterocycles. The average Bonchev–Trinajstić information content (AvgIpc) is 3.16. The fraction of sp³-hybridized carbons (Fsp3) is 0.176. The van der Waals surface area contributed by atoms with Crippen molar-refractivity contribution < 1.29 is 9.47 Å². The van der Waals surface area contributed by atoms with E-state index in [1.165, 1.54) is 0 Å². The zero-order chi connectivity index (χ0) is 16.0. The first-order valence-electron chi connectivity index (χ1n) is 7.25. The Labute approximate surface area is 132 Å². The molecule has 1 aliphatic rings. The lowest BCUT2D eigenvalue weighted by Gasteiger charge is -2.12. The van der Waals surface area contributed by atoms with E-state index in [4.69, 9.17) is 9.47 Å². The van der Waals surface area contributed by atoms with Crippen molar-refractivity contribution in [1.82, 2.24) is 14.3 Å². The molecule has 116 valence electrons. The van der Waals surface area contributed by atoms with Crippen molar-refractivity contribution in [3.63, 3.8) is 0 Å². The predicted molar refractivity (Wildman–Crippen MR) is 85.1 cm³/mol. The smallest absolute Gasteiger partial charge is 0.255 e. The molecule has 3 aromatic rings. The molecule has 3 heterocycles. The maximum absolute atomic E-state index is 12.5. The van der Waals surface area contributed by atoms with E-state index in [2.05, 4.69) is 5.10 Å². The second kappa shape index (κ2) is 5.01. The summed E-state index contributed by atoms with van der Waals surface area (Å²) >= 11 is 0. The lowest BCUT2D eigenvalue weighted by molar-refractivity contribution is 0.173. The molecule has 1 aromatic carbocycles. The van der Waals surface area contributed by atoms with Crippen LogP contribution in [0.15, 0.2) is 47.7 Å². The average molecular weight is 309 g/mol. The van der Waals surface area contributed by atoms with Gasteiger partial charge >= 0.3 is 0 Å². The molecule has 6 nitrogen and oxygen atoms in total. The Kier molecular flexibility index (Phi) is 2.97. The van der Waals surface area contributed by atoms with Gasteiger partial charge in [0.05, 0.1) is 11.9 Å². The van der Waals surface area contributed by atoms with Crippen molar-refractivity contribution in [3.8, 4) is 28.3 Å². The third-order valence-electron chi connectivity index (χ3n) is 3.91. The highest BCUT2D eigenvalue weighted by molar-refractivity contribution is 5.66. The third kappa shape index (κ3) is 2.19. The van der Waals surface area contributed by atoms with Gasteiger partial charge in [0.15, 0.2) is 11.5 Å². The predicted octanol–water partition coefficient (Wildman–Crippen LogP) is 2.28. The molecular formula is C17H15N3O3. The van der Waals surface area contributed by atoms with Gasteiger partial charge in [-0.15, -0.1) is 0 Å². The Bertz CT molecular complexity index is 956. The number of hydrogen-bond donors (Lipinski definition) is 0. The topological polar surface area (TPSA) is 58.3 Å². The molecule has 0 amide bonds. The molecule has 2 aromatic heterocycles. The summed E-state index contributed by atoms with van der Waals surface area (Å²) in [4.78, 5) is 12.5. The third-order valence-corrected chi connectivity index (χ3v) is 3.91. The van der Waals surface area contributed by atoms with Crippen LogP contribution in [-0.2, 0) is 7.05 Å². The van der Waals surface area contributed by atoms with E-state index >= 15 is 0 Å². The molecule has 0 N–H and O–H groups in total. The maximum Gasteiger partial charge on any atom is 0.255 e. The minimum Gasteiger partial charge on any atom is -0.454 e. The summed E-state index contributed by atoms with van der Waals surface area (Å²) in [7, 11) is 1.87. The van der Waals surface area contributed by atoms with E-state index in [0.717, 1.165) is 16.7 Å². The monoisotopic (exact) mass is 309 g/mol. The van der Waals surface area contributed by atoms with Gasteiger partial charge in [0.25, 0.3) is 5.56 Å². The number of ether oxygens (including phenoxy) is 2. The molecule has 0 saturated carbocycles. The summed E-state index contributed by atoms with van der Waals surface area (Å²) < 4.78 is 14.2. The summed E-state index contributed by atoms with van der Waals surface area (Å²) in [6.07, 6.45) is 5.53. The van der Waals surface area contributed by atoms with Gasteiger partial charge in [-0.05, 0) is 24.6 Å². The van der Waals surface area contributed by atoms with Gasteiger partial charge in [0.2, 0.25) is 6.79 Å².